The first-order valence-electron chi connectivity index (χ1n) is 10.5. The third-order valence-electron chi connectivity index (χ3n) is 4.32. The molecule has 0 heterocycles. The number of carbonyl (C=O) groups is 1. The van der Waals surface area contributed by atoms with Crippen molar-refractivity contribution >= 4 is 17.7 Å². The Morgan fingerprint density at radius 1 is 0.667 bits per heavy atom. The number of thioether (sulfide) groups is 1. The Balaban J connectivity index is 3.06. The van der Waals surface area contributed by atoms with Crippen LogP contribution in [0.3, 0.4) is 0 Å². The molecule has 0 amide bonds. The molecule has 0 atom stereocenters. The van der Waals surface area contributed by atoms with Gasteiger partial charge >= 0.3 is 5.97 Å². The molecular formula is C21H42O2S. The molecule has 0 aromatic rings. The number of ether oxygens (including phenoxy) is 1. The lowest BCUT2D eigenvalue weighted by molar-refractivity contribution is -0.143. The molecule has 0 rings (SSSR count). The highest BCUT2D eigenvalue weighted by atomic mass is 32.2. The van der Waals surface area contributed by atoms with Gasteiger partial charge in [0, 0.05) is 6.42 Å². The monoisotopic (exact) mass is 358 g/mol. The van der Waals surface area contributed by atoms with Gasteiger partial charge in [-0.05, 0) is 37.2 Å². The lowest BCUT2D eigenvalue weighted by atomic mass is 10.1. The summed E-state index contributed by atoms with van der Waals surface area (Å²) in [5.41, 5.74) is 0. The lowest BCUT2D eigenvalue weighted by Gasteiger charge is -2.04. The minimum absolute atomic E-state index is 0.00583. The molecule has 0 unspecified atom stereocenters. The number of hydrogen-bond donors (Lipinski definition) is 0. The molecule has 0 spiro atoms. The molecule has 0 aromatic carbocycles. The van der Waals surface area contributed by atoms with Gasteiger partial charge in [0.25, 0.3) is 0 Å². The van der Waals surface area contributed by atoms with Crippen LogP contribution in [-0.4, -0.2) is 24.1 Å². The van der Waals surface area contributed by atoms with Crippen LogP contribution in [0.2, 0.25) is 0 Å². The van der Waals surface area contributed by atoms with Gasteiger partial charge in [-0.3, -0.25) is 4.79 Å². The Morgan fingerprint density at radius 3 is 1.75 bits per heavy atom. The maximum absolute atomic E-state index is 11.4. The summed E-state index contributed by atoms with van der Waals surface area (Å²) in [5, 5.41) is 0. The average molecular weight is 359 g/mol. The Labute approximate surface area is 155 Å². The van der Waals surface area contributed by atoms with Crippen molar-refractivity contribution in [2.45, 2.75) is 110 Å². The van der Waals surface area contributed by atoms with Crippen molar-refractivity contribution in [3.8, 4) is 0 Å². The van der Waals surface area contributed by atoms with Gasteiger partial charge in [0.1, 0.15) is 0 Å². The predicted octanol–water partition coefficient (Wildman–Crippen LogP) is 7.15. The van der Waals surface area contributed by atoms with Gasteiger partial charge in [-0.2, -0.15) is 11.8 Å². The van der Waals surface area contributed by atoms with Crippen LogP contribution in [0.1, 0.15) is 110 Å². The van der Waals surface area contributed by atoms with E-state index in [1.165, 1.54) is 82.1 Å². The normalized spacial score (nSPS) is 10.9. The quantitative estimate of drug-likeness (QED) is 0.181. The van der Waals surface area contributed by atoms with E-state index in [-0.39, 0.29) is 5.97 Å². The first-order chi connectivity index (χ1) is 11.8. The van der Waals surface area contributed by atoms with Gasteiger partial charge in [-0.25, -0.2) is 0 Å². The van der Waals surface area contributed by atoms with E-state index in [1.807, 2.05) is 0 Å². The third-order valence-corrected chi connectivity index (χ3v) is 5.48. The molecule has 0 aliphatic rings. The molecule has 0 bridgehead atoms. The molecule has 2 nitrogen and oxygen atoms in total. The van der Waals surface area contributed by atoms with Crippen molar-refractivity contribution in [3.63, 3.8) is 0 Å². The molecular weight excluding hydrogens is 316 g/mol. The van der Waals surface area contributed by atoms with Gasteiger partial charge < -0.3 is 4.74 Å². The fraction of sp³-hybridized carbons (Fsp3) is 0.952. The van der Waals surface area contributed by atoms with E-state index in [9.17, 15) is 4.79 Å². The fourth-order valence-corrected chi connectivity index (χ4v) is 3.69. The van der Waals surface area contributed by atoms with Gasteiger partial charge in [-0.1, -0.05) is 78.1 Å². The standard InChI is InChI=1S/C21H42O2S/c1-3-5-7-8-9-12-15-19-24-20-16-13-10-11-14-17-21(22)23-18-6-4-2/h3-20H2,1-2H3. The highest BCUT2D eigenvalue weighted by Crippen LogP contribution is 2.13. The van der Waals surface area contributed by atoms with Gasteiger partial charge in [0.15, 0.2) is 0 Å². The summed E-state index contributed by atoms with van der Waals surface area (Å²) in [5.74, 6) is 2.65. The second kappa shape index (κ2) is 20.9. The fourth-order valence-electron chi connectivity index (χ4n) is 2.67. The molecule has 24 heavy (non-hydrogen) atoms. The van der Waals surface area contributed by atoms with E-state index >= 15 is 0 Å². The largest absolute Gasteiger partial charge is 0.466 e. The molecule has 0 aromatic heterocycles. The maximum atomic E-state index is 11.4. The number of carbonyl (C=O) groups excluding carboxylic acids is 1. The van der Waals surface area contributed by atoms with Crippen LogP contribution in [0.15, 0.2) is 0 Å². The van der Waals surface area contributed by atoms with Crippen molar-refractivity contribution < 1.29 is 9.53 Å². The van der Waals surface area contributed by atoms with Crippen LogP contribution in [0.4, 0.5) is 0 Å². The van der Waals surface area contributed by atoms with E-state index in [1.54, 1.807) is 0 Å². The van der Waals surface area contributed by atoms with Crippen molar-refractivity contribution in [2.75, 3.05) is 18.1 Å². The average Bonchev–Trinajstić information content (AvgIpc) is 2.58. The van der Waals surface area contributed by atoms with Crippen LogP contribution in [-0.2, 0) is 9.53 Å². The summed E-state index contributed by atoms with van der Waals surface area (Å²) >= 11 is 2.13. The molecule has 144 valence electrons. The molecule has 0 aliphatic carbocycles. The number of hydrogen-bond acceptors (Lipinski definition) is 3. The highest BCUT2D eigenvalue weighted by Gasteiger charge is 2.01. The molecule has 0 aliphatic heterocycles. The topological polar surface area (TPSA) is 26.3 Å². The van der Waals surface area contributed by atoms with Crippen LogP contribution in [0, 0.1) is 0 Å². The Morgan fingerprint density at radius 2 is 1.17 bits per heavy atom. The first-order valence-corrected chi connectivity index (χ1v) is 11.7. The summed E-state index contributed by atoms with van der Waals surface area (Å²) in [6, 6.07) is 0. The summed E-state index contributed by atoms with van der Waals surface area (Å²) in [6.07, 6.45) is 18.6. The smallest absolute Gasteiger partial charge is 0.305 e. The summed E-state index contributed by atoms with van der Waals surface area (Å²) in [7, 11) is 0. The zero-order valence-corrected chi connectivity index (χ0v) is 17.3. The molecule has 0 saturated heterocycles. The highest BCUT2D eigenvalue weighted by molar-refractivity contribution is 7.99. The van der Waals surface area contributed by atoms with Crippen molar-refractivity contribution in [1.82, 2.24) is 0 Å². The summed E-state index contributed by atoms with van der Waals surface area (Å²) in [4.78, 5) is 11.4. The van der Waals surface area contributed by atoms with Crippen molar-refractivity contribution in [1.29, 1.82) is 0 Å². The second-order valence-corrected chi connectivity index (χ2v) is 8.05. The SMILES string of the molecule is CCCCCCCCCSCCCCCCCC(=O)OCCCC. The second-order valence-electron chi connectivity index (χ2n) is 6.83. The van der Waals surface area contributed by atoms with Gasteiger partial charge in [0.05, 0.1) is 6.61 Å². The Bertz CT molecular complexity index is 256. The van der Waals surface area contributed by atoms with E-state index in [4.69, 9.17) is 4.74 Å². The molecule has 0 radical (unpaired) electrons. The minimum atomic E-state index is -0.00583. The molecule has 0 fully saturated rings. The first kappa shape index (κ1) is 23.8. The maximum Gasteiger partial charge on any atom is 0.305 e. The minimum Gasteiger partial charge on any atom is -0.466 e. The summed E-state index contributed by atoms with van der Waals surface area (Å²) < 4.78 is 5.16. The van der Waals surface area contributed by atoms with Gasteiger partial charge in [0.2, 0.25) is 0 Å². The lowest BCUT2D eigenvalue weighted by Crippen LogP contribution is -2.05. The van der Waals surface area contributed by atoms with E-state index < -0.39 is 0 Å². The van der Waals surface area contributed by atoms with Crippen molar-refractivity contribution in [2.24, 2.45) is 0 Å². The van der Waals surface area contributed by atoms with Gasteiger partial charge in [-0.15, -0.1) is 0 Å². The van der Waals surface area contributed by atoms with Crippen LogP contribution in [0.25, 0.3) is 0 Å². The van der Waals surface area contributed by atoms with Crippen molar-refractivity contribution in [3.05, 3.63) is 0 Å². The number of esters is 1. The third kappa shape index (κ3) is 19.9. The van der Waals surface area contributed by atoms with Crippen LogP contribution >= 0.6 is 11.8 Å². The zero-order chi connectivity index (χ0) is 17.7. The van der Waals surface area contributed by atoms with E-state index in [0.717, 1.165) is 19.3 Å². The molecule has 3 heteroatoms. The number of rotatable bonds is 19. The van der Waals surface area contributed by atoms with E-state index in [2.05, 4.69) is 25.6 Å². The van der Waals surface area contributed by atoms with Crippen LogP contribution < -0.4 is 0 Å². The predicted molar refractivity (Wildman–Crippen MR) is 109 cm³/mol. The Hall–Kier alpha value is -0.180. The Kier molecular flexibility index (Phi) is 20.7. The summed E-state index contributed by atoms with van der Waals surface area (Å²) in [6.45, 7) is 4.99. The zero-order valence-electron chi connectivity index (χ0n) is 16.5. The molecule has 0 N–H and O–H groups in total. The molecule has 0 saturated carbocycles. The van der Waals surface area contributed by atoms with Crippen LogP contribution in [0.5, 0.6) is 0 Å². The van der Waals surface area contributed by atoms with E-state index in [0.29, 0.717) is 13.0 Å². The number of unbranched alkanes of at least 4 members (excludes halogenated alkanes) is 11.